The number of nitrogens with one attached hydrogen (secondary N) is 2. The Morgan fingerprint density at radius 1 is 0.865 bits per heavy atom. The van der Waals surface area contributed by atoms with Crippen molar-refractivity contribution in [1.82, 2.24) is 9.97 Å². The molecule has 0 amide bonds. The lowest BCUT2D eigenvalue weighted by molar-refractivity contribution is 0.106. The minimum atomic E-state index is -2.26. The van der Waals surface area contributed by atoms with Crippen LogP contribution in [0.4, 0.5) is 43.8 Å². The minimum absolute atomic E-state index is 0.0724. The smallest absolute Gasteiger partial charge is 0.229 e. The number of rotatable bonds is 9. The van der Waals surface area contributed by atoms with E-state index in [1.54, 1.807) is 19.3 Å². The van der Waals surface area contributed by atoms with Gasteiger partial charge in [-0.15, -0.1) is 0 Å². The van der Waals surface area contributed by atoms with Crippen LogP contribution in [0.3, 0.4) is 0 Å². The van der Waals surface area contributed by atoms with E-state index in [2.05, 4.69) is 20.6 Å². The summed E-state index contributed by atoms with van der Waals surface area (Å²) in [5, 5.41) is 5.62. The Kier molecular flexibility index (Phi) is 7.97. The zero-order chi connectivity index (χ0) is 26.5. The Morgan fingerprint density at radius 2 is 1.59 bits per heavy atom. The summed E-state index contributed by atoms with van der Waals surface area (Å²) < 4.78 is 94.1. The molecule has 194 valence electrons. The van der Waals surface area contributed by atoms with Crippen molar-refractivity contribution in [2.45, 2.75) is 12.8 Å². The van der Waals surface area contributed by atoms with E-state index >= 15 is 0 Å². The van der Waals surface area contributed by atoms with Crippen LogP contribution in [0.15, 0.2) is 54.1 Å². The van der Waals surface area contributed by atoms with Gasteiger partial charge in [0, 0.05) is 24.9 Å². The number of hydrogen-bond acceptors (Lipinski definition) is 6. The fourth-order valence-corrected chi connectivity index (χ4v) is 3.50. The Bertz CT molecular complexity index is 1350. The number of hydrogen-bond donors (Lipinski definition) is 2. The fraction of sp³-hybridized carbons (Fsp3) is 0.200. The topological polar surface area (TPSA) is 68.3 Å². The maximum absolute atomic E-state index is 14.4. The van der Waals surface area contributed by atoms with Crippen molar-refractivity contribution in [2.24, 2.45) is 0 Å². The van der Waals surface area contributed by atoms with Gasteiger partial charge in [-0.3, -0.25) is 0 Å². The van der Waals surface area contributed by atoms with Crippen molar-refractivity contribution >= 4 is 17.5 Å². The first-order valence-corrected chi connectivity index (χ1v) is 11.0. The zero-order valence-corrected chi connectivity index (χ0v) is 19.3. The number of halogens is 6. The molecule has 12 heteroatoms. The number of benzene rings is 2. The second-order valence-electron chi connectivity index (χ2n) is 7.83. The SMILES string of the molecule is COCCOC1=CC=C(Nc2ncc(F)c(Nc3cccc(-c4c(F)c(F)c(F)c(F)c4F)c3)n2)CC1. The van der Waals surface area contributed by atoms with Crippen LogP contribution in [0, 0.1) is 34.9 Å². The van der Waals surface area contributed by atoms with Gasteiger partial charge in [0.25, 0.3) is 0 Å². The van der Waals surface area contributed by atoms with Gasteiger partial charge >= 0.3 is 0 Å². The highest BCUT2D eigenvalue weighted by atomic mass is 19.2. The molecule has 1 aliphatic rings. The summed E-state index contributed by atoms with van der Waals surface area (Å²) in [5.41, 5.74) is -0.575. The van der Waals surface area contributed by atoms with E-state index in [0.29, 0.717) is 26.1 Å². The van der Waals surface area contributed by atoms with Gasteiger partial charge in [0.1, 0.15) is 6.61 Å². The molecule has 4 rings (SSSR count). The van der Waals surface area contributed by atoms with E-state index < -0.39 is 40.5 Å². The van der Waals surface area contributed by atoms with Crippen molar-refractivity contribution in [3.63, 3.8) is 0 Å². The van der Waals surface area contributed by atoms with E-state index in [-0.39, 0.29) is 23.0 Å². The molecule has 1 aliphatic carbocycles. The van der Waals surface area contributed by atoms with E-state index in [4.69, 9.17) is 9.47 Å². The quantitative estimate of drug-likeness (QED) is 0.148. The molecule has 0 spiro atoms. The maximum atomic E-state index is 14.4. The van der Waals surface area contributed by atoms with Crippen molar-refractivity contribution in [2.75, 3.05) is 31.0 Å². The van der Waals surface area contributed by atoms with E-state index in [1.807, 2.05) is 0 Å². The molecular weight excluding hydrogens is 502 g/mol. The average molecular weight is 522 g/mol. The molecule has 0 aliphatic heterocycles. The van der Waals surface area contributed by atoms with E-state index in [0.717, 1.165) is 29.8 Å². The summed E-state index contributed by atoms with van der Waals surface area (Å²) in [6.07, 6.45) is 5.70. The van der Waals surface area contributed by atoms with Gasteiger partial charge in [0.15, 0.2) is 34.9 Å². The number of methoxy groups -OCH3 is 1. The number of aromatic nitrogens is 2. The molecule has 2 aromatic carbocycles. The van der Waals surface area contributed by atoms with Gasteiger partial charge in [0.05, 0.1) is 24.1 Å². The van der Waals surface area contributed by atoms with Crippen LogP contribution in [-0.4, -0.2) is 30.3 Å². The van der Waals surface area contributed by atoms with Crippen molar-refractivity contribution in [1.29, 1.82) is 0 Å². The molecule has 1 aromatic heterocycles. The molecule has 0 fully saturated rings. The normalized spacial score (nSPS) is 13.2. The van der Waals surface area contributed by atoms with Crippen molar-refractivity contribution < 1.29 is 35.8 Å². The van der Waals surface area contributed by atoms with Crippen LogP contribution >= 0.6 is 0 Å². The van der Waals surface area contributed by atoms with Gasteiger partial charge in [-0.1, -0.05) is 12.1 Å². The van der Waals surface area contributed by atoms with E-state index in [1.165, 1.54) is 12.1 Å². The Labute approximate surface area is 207 Å². The standard InChI is InChI=1S/C25H20F6N4O2/c1-36-9-10-37-16-7-5-14(6-8-16)34-25-32-12-17(26)24(35-25)33-15-4-2-3-13(11-15)18-19(27)21(29)23(31)22(30)20(18)28/h2-5,7,11-12H,6,8-10H2,1H3,(H2,32,33,34,35). The maximum Gasteiger partial charge on any atom is 0.229 e. The number of anilines is 3. The van der Waals surface area contributed by atoms with Crippen molar-refractivity contribution in [3.05, 3.63) is 89.0 Å². The third kappa shape index (κ3) is 5.85. The second kappa shape index (κ2) is 11.3. The molecule has 2 N–H and O–H groups in total. The van der Waals surface area contributed by atoms with Crippen LogP contribution in [0.5, 0.6) is 0 Å². The molecule has 37 heavy (non-hydrogen) atoms. The third-order valence-electron chi connectivity index (χ3n) is 5.33. The molecule has 1 heterocycles. The summed E-state index contributed by atoms with van der Waals surface area (Å²) in [6, 6.07) is 4.97. The van der Waals surface area contributed by atoms with Gasteiger partial charge < -0.3 is 20.1 Å². The predicted octanol–water partition coefficient (Wildman–Crippen LogP) is 6.36. The average Bonchev–Trinajstić information content (AvgIpc) is 2.90. The molecule has 0 bridgehead atoms. The molecule has 0 radical (unpaired) electrons. The highest BCUT2D eigenvalue weighted by Crippen LogP contribution is 2.33. The van der Waals surface area contributed by atoms with Crippen LogP contribution in [0.1, 0.15) is 12.8 Å². The third-order valence-corrected chi connectivity index (χ3v) is 5.33. The molecule has 0 unspecified atom stereocenters. The predicted molar refractivity (Wildman–Crippen MR) is 124 cm³/mol. The number of nitrogens with zero attached hydrogens (tertiary/aromatic N) is 2. The monoisotopic (exact) mass is 522 g/mol. The molecular formula is C25H20F6N4O2. The first kappa shape index (κ1) is 26.0. The van der Waals surface area contributed by atoms with Crippen molar-refractivity contribution in [3.8, 4) is 11.1 Å². The van der Waals surface area contributed by atoms with Gasteiger partial charge in [-0.2, -0.15) is 4.98 Å². The van der Waals surface area contributed by atoms with Crippen LogP contribution in [0.2, 0.25) is 0 Å². The minimum Gasteiger partial charge on any atom is -0.496 e. The highest BCUT2D eigenvalue weighted by molar-refractivity contribution is 5.71. The van der Waals surface area contributed by atoms with Crippen LogP contribution < -0.4 is 10.6 Å². The number of ether oxygens (including phenoxy) is 2. The lowest BCUT2D eigenvalue weighted by Gasteiger charge is -2.17. The largest absolute Gasteiger partial charge is 0.496 e. The molecule has 3 aromatic rings. The van der Waals surface area contributed by atoms with Crippen LogP contribution in [-0.2, 0) is 9.47 Å². The first-order valence-electron chi connectivity index (χ1n) is 11.0. The molecule has 0 atom stereocenters. The molecule has 6 nitrogen and oxygen atoms in total. The molecule has 0 saturated carbocycles. The van der Waals surface area contributed by atoms with E-state index in [9.17, 15) is 26.3 Å². The lowest BCUT2D eigenvalue weighted by Crippen LogP contribution is -2.10. The Morgan fingerprint density at radius 3 is 2.27 bits per heavy atom. The summed E-state index contributed by atoms with van der Waals surface area (Å²) in [4.78, 5) is 7.99. The van der Waals surface area contributed by atoms with Gasteiger partial charge in [-0.25, -0.2) is 31.3 Å². The van der Waals surface area contributed by atoms with Gasteiger partial charge in [-0.05, 0) is 36.3 Å². The lowest BCUT2D eigenvalue weighted by atomic mass is 10.0. The summed E-state index contributed by atoms with van der Waals surface area (Å²) >= 11 is 0. The highest BCUT2D eigenvalue weighted by Gasteiger charge is 2.26. The first-order chi connectivity index (χ1) is 17.8. The van der Waals surface area contributed by atoms with Crippen LogP contribution in [0.25, 0.3) is 11.1 Å². The fourth-order valence-electron chi connectivity index (χ4n) is 3.50. The Hall–Kier alpha value is -4.06. The van der Waals surface area contributed by atoms with Gasteiger partial charge in [0.2, 0.25) is 11.8 Å². The summed E-state index contributed by atoms with van der Waals surface area (Å²) in [6.45, 7) is 0.899. The molecule has 0 saturated heterocycles. The Balaban J connectivity index is 1.53. The summed E-state index contributed by atoms with van der Waals surface area (Å²) in [5.74, 6) is -10.6. The second-order valence-corrected chi connectivity index (χ2v) is 7.83. The number of allylic oxidation sites excluding steroid dienone is 4. The zero-order valence-electron chi connectivity index (χ0n) is 19.3. The summed E-state index contributed by atoms with van der Waals surface area (Å²) in [7, 11) is 1.58.